The first-order valence-electron chi connectivity index (χ1n) is 10.6. The number of aryl methyl sites for hydroxylation is 1. The van der Waals surface area contributed by atoms with Gasteiger partial charge in [0.2, 0.25) is 0 Å². The van der Waals surface area contributed by atoms with Gasteiger partial charge in [0.25, 0.3) is 0 Å². The lowest BCUT2D eigenvalue weighted by Gasteiger charge is -2.12. The largest absolute Gasteiger partial charge is 0.494 e. The van der Waals surface area contributed by atoms with Gasteiger partial charge in [-0.25, -0.2) is 5.43 Å². The smallest absolute Gasteiger partial charge is 0.307 e. The van der Waals surface area contributed by atoms with Crippen molar-refractivity contribution in [3.8, 4) is 11.5 Å². The molecule has 0 aliphatic heterocycles. The van der Waals surface area contributed by atoms with E-state index in [4.69, 9.17) is 13.9 Å². The SMILES string of the molecule is CCOc1ccc2oc(C(=O)N/N=C/c3cc(I)c(OCc4cccc(C)c4)c(I)c3)cc2c1. The van der Waals surface area contributed by atoms with E-state index in [0.717, 1.165) is 35.2 Å². The number of hydrogen-bond acceptors (Lipinski definition) is 5. The minimum Gasteiger partial charge on any atom is -0.494 e. The molecule has 1 N–H and O–H groups in total. The molecule has 0 spiro atoms. The predicted molar refractivity (Wildman–Crippen MR) is 150 cm³/mol. The fraction of sp³-hybridized carbons (Fsp3) is 0.154. The summed E-state index contributed by atoms with van der Waals surface area (Å²) in [6.07, 6.45) is 1.60. The quantitative estimate of drug-likeness (QED) is 0.128. The summed E-state index contributed by atoms with van der Waals surface area (Å²) in [5, 5.41) is 4.89. The molecule has 0 saturated heterocycles. The van der Waals surface area contributed by atoms with Gasteiger partial charge in [0.15, 0.2) is 5.76 Å². The summed E-state index contributed by atoms with van der Waals surface area (Å²) in [5.74, 6) is 1.33. The maximum absolute atomic E-state index is 12.5. The molecule has 1 aromatic heterocycles. The van der Waals surface area contributed by atoms with Gasteiger partial charge in [-0.3, -0.25) is 4.79 Å². The fourth-order valence-corrected chi connectivity index (χ4v) is 5.49. The maximum atomic E-state index is 12.5. The number of fused-ring (bicyclic) bond motifs is 1. The van der Waals surface area contributed by atoms with Gasteiger partial charge < -0.3 is 13.9 Å². The average molecular weight is 680 g/mol. The van der Waals surface area contributed by atoms with E-state index in [1.807, 2.05) is 37.3 Å². The number of carbonyl (C=O) groups is 1. The van der Waals surface area contributed by atoms with Crippen LogP contribution in [0, 0.1) is 14.1 Å². The zero-order chi connectivity index (χ0) is 24.1. The molecule has 0 aliphatic rings. The second kappa shape index (κ2) is 11.2. The van der Waals surface area contributed by atoms with Crippen molar-refractivity contribution in [2.45, 2.75) is 20.5 Å². The Morgan fingerprint density at radius 2 is 1.85 bits per heavy atom. The Morgan fingerprint density at radius 1 is 1.06 bits per heavy atom. The Kier molecular flexibility index (Phi) is 8.09. The highest BCUT2D eigenvalue weighted by Crippen LogP contribution is 2.29. The molecule has 3 aromatic carbocycles. The molecular formula is C26H22I2N2O4. The second-order valence-corrected chi connectivity index (χ2v) is 9.86. The number of halogens is 2. The van der Waals surface area contributed by atoms with Crippen LogP contribution in [0.5, 0.6) is 11.5 Å². The minimum atomic E-state index is -0.423. The highest BCUT2D eigenvalue weighted by molar-refractivity contribution is 14.1. The first-order valence-corrected chi connectivity index (χ1v) is 12.8. The molecule has 1 heterocycles. The Bertz CT molecular complexity index is 1340. The number of nitrogens with one attached hydrogen (secondary N) is 1. The van der Waals surface area contributed by atoms with Crippen molar-refractivity contribution in [3.05, 3.63) is 90.3 Å². The van der Waals surface area contributed by atoms with E-state index in [-0.39, 0.29) is 5.76 Å². The lowest BCUT2D eigenvalue weighted by molar-refractivity contribution is 0.0929. The molecule has 0 radical (unpaired) electrons. The summed E-state index contributed by atoms with van der Waals surface area (Å²) >= 11 is 4.50. The van der Waals surface area contributed by atoms with E-state index in [9.17, 15) is 4.79 Å². The van der Waals surface area contributed by atoms with Gasteiger partial charge in [0.05, 0.1) is 20.0 Å². The summed E-state index contributed by atoms with van der Waals surface area (Å²) < 4.78 is 19.1. The number of nitrogens with zero attached hydrogens (tertiary/aromatic N) is 1. The summed E-state index contributed by atoms with van der Waals surface area (Å²) in [5.41, 5.74) is 6.32. The van der Waals surface area contributed by atoms with Crippen LogP contribution in [0.1, 0.15) is 34.2 Å². The Hall–Kier alpha value is -2.60. The number of amides is 1. The Labute approximate surface area is 225 Å². The number of carbonyl (C=O) groups excluding carboxylic acids is 1. The molecule has 6 nitrogen and oxygen atoms in total. The molecule has 174 valence electrons. The molecule has 0 bridgehead atoms. The topological polar surface area (TPSA) is 73.1 Å². The van der Waals surface area contributed by atoms with Crippen molar-refractivity contribution in [2.24, 2.45) is 5.10 Å². The zero-order valence-electron chi connectivity index (χ0n) is 18.6. The van der Waals surface area contributed by atoms with Gasteiger partial charge >= 0.3 is 5.91 Å². The van der Waals surface area contributed by atoms with E-state index in [1.54, 1.807) is 18.3 Å². The van der Waals surface area contributed by atoms with Crippen LogP contribution in [0.3, 0.4) is 0 Å². The van der Waals surface area contributed by atoms with E-state index in [2.05, 4.69) is 80.8 Å². The number of ether oxygens (including phenoxy) is 2. The van der Waals surface area contributed by atoms with E-state index in [1.165, 1.54) is 5.56 Å². The second-order valence-electron chi connectivity index (χ2n) is 7.53. The number of hydrazone groups is 1. The van der Waals surface area contributed by atoms with E-state index in [0.29, 0.717) is 18.8 Å². The molecule has 4 aromatic rings. The molecule has 4 rings (SSSR count). The van der Waals surface area contributed by atoms with Crippen LogP contribution >= 0.6 is 45.2 Å². The molecule has 0 atom stereocenters. The summed E-state index contributed by atoms with van der Waals surface area (Å²) in [7, 11) is 0. The van der Waals surface area contributed by atoms with Crippen LogP contribution in [0.2, 0.25) is 0 Å². The lowest BCUT2D eigenvalue weighted by Crippen LogP contribution is -2.16. The monoisotopic (exact) mass is 680 g/mol. The van der Waals surface area contributed by atoms with Gasteiger partial charge in [-0.15, -0.1) is 0 Å². The van der Waals surface area contributed by atoms with Crippen LogP contribution in [-0.4, -0.2) is 18.7 Å². The number of hydrogen-bond donors (Lipinski definition) is 1. The van der Waals surface area contributed by atoms with Crippen LogP contribution in [0.15, 0.2) is 70.2 Å². The first-order chi connectivity index (χ1) is 16.4. The van der Waals surface area contributed by atoms with Crippen molar-refractivity contribution in [2.75, 3.05) is 6.61 Å². The Balaban J connectivity index is 1.40. The van der Waals surface area contributed by atoms with Crippen LogP contribution in [0.4, 0.5) is 0 Å². The fourth-order valence-electron chi connectivity index (χ4n) is 3.36. The van der Waals surface area contributed by atoms with Crippen LogP contribution in [-0.2, 0) is 6.61 Å². The number of furan rings is 1. The third kappa shape index (κ3) is 6.09. The van der Waals surface area contributed by atoms with Crippen molar-refractivity contribution >= 4 is 68.3 Å². The summed E-state index contributed by atoms with van der Waals surface area (Å²) in [4.78, 5) is 12.5. The normalized spacial score (nSPS) is 11.2. The summed E-state index contributed by atoms with van der Waals surface area (Å²) in [6.45, 7) is 5.06. The predicted octanol–water partition coefficient (Wildman–Crippen LogP) is 6.69. The van der Waals surface area contributed by atoms with Gasteiger partial charge in [0.1, 0.15) is 23.7 Å². The molecule has 34 heavy (non-hydrogen) atoms. The van der Waals surface area contributed by atoms with Gasteiger partial charge in [-0.05, 0) is 107 Å². The molecular weight excluding hydrogens is 658 g/mol. The molecule has 0 fully saturated rings. The van der Waals surface area contributed by atoms with Crippen molar-refractivity contribution in [3.63, 3.8) is 0 Å². The van der Waals surface area contributed by atoms with Crippen LogP contribution in [0.25, 0.3) is 11.0 Å². The third-order valence-corrected chi connectivity index (χ3v) is 6.49. The van der Waals surface area contributed by atoms with Crippen molar-refractivity contribution < 1.29 is 18.7 Å². The molecule has 0 aliphatic carbocycles. The third-order valence-electron chi connectivity index (χ3n) is 4.89. The molecule has 0 unspecified atom stereocenters. The molecule has 0 saturated carbocycles. The lowest BCUT2D eigenvalue weighted by atomic mass is 10.1. The standard InChI is InChI=1S/C26H22I2N2O4/c1-3-32-20-7-8-23-19(12-20)13-24(34-23)26(31)30-29-14-18-10-21(27)25(22(28)11-18)33-15-17-6-4-5-16(2)9-17/h4-14H,3,15H2,1-2H3,(H,30,31)/b29-14+. The minimum absolute atomic E-state index is 0.185. The van der Waals surface area contributed by atoms with E-state index >= 15 is 0 Å². The molecule has 8 heteroatoms. The van der Waals surface area contributed by atoms with E-state index < -0.39 is 5.91 Å². The van der Waals surface area contributed by atoms with Gasteiger partial charge in [-0.1, -0.05) is 29.8 Å². The van der Waals surface area contributed by atoms with Gasteiger partial charge in [0, 0.05) is 5.39 Å². The summed E-state index contributed by atoms with van der Waals surface area (Å²) in [6, 6.07) is 19.3. The highest BCUT2D eigenvalue weighted by Gasteiger charge is 2.13. The zero-order valence-corrected chi connectivity index (χ0v) is 22.9. The Morgan fingerprint density at radius 3 is 2.59 bits per heavy atom. The van der Waals surface area contributed by atoms with Crippen molar-refractivity contribution in [1.29, 1.82) is 0 Å². The number of rotatable bonds is 8. The molecule has 1 amide bonds. The van der Waals surface area contributed by atoms with Crippen LogP contribution < -0.4 is 14.9 Å². The van der Waals surface area contributed by atoms with Gasteiger partial charge in [-0.2, -0.15) is 5.10 Å². The maximum Gasteiger partial charge on any atom is 0.307 e. The highest BCUT2D eigenvalue weighted by atomic mass is 127. The number of benzene rings is 3. The first kappa shape index (κ1) is 24.5. The van der Waals surface area contributed by atoms with Crippen molar-refractivity contribution in [1.82, 2.24) is 5.43 Å². The average Bonchev–Trinajstić information content (AvgIpc) is 3.22.